The predicted octanol–water partition coefficient (Wildman–Crippen LogP) is 3.05. The monoisotopic (exact) mass is 426 g/mol. The molecule has 3 rings (SSSR count). The standard InChI is InChI=1S/C23H28BFN2O4/c1-6-23(5,22(2,3)4)27(21(29)15-10-8-7-9-11-15)26-20(28)17-13-12-16-14-31-24(30)18(16)19(17)25/h7-13,30H,6,14H2,1-5H3,(H,26,28)/t23-/m1/s1. The van der Waals surface area contributed by atoms with Gasteiger partial charge in [-0.15, -0.1) is 0 Å². The van der Waals surface area contributed by atoms with Gasteiger partial charge < -0.3 is 9.68 Å². The van der Waals surface area contributed by atoms with Crippen LogP contribution in [0.2, 0.25) is 0 Å². The Balaban J connectivity index is 2.02. The summed E-state index contributed by atoms with van der Waals surface area (Å²) in [6.45, 7) is 9.86. The van der Waals surface area contributed by atoms with Crippen LogP contribution in [0.1, 0.15) is 67.3 Å². The molecule has 2 aromatic carbocycles. The van der Waals surface area contributed by atoms with Crippen molar-refractivity contribution in [3.05, 3.63) is 65.0 Å². The molecule has 0 fully saturated rings. The maximum atomic E-state index is 15.1. The zero-order valence-electron chi connectivity index (χ0n) is 18.5. The van der Waals surface area contributed by atoms with Crippen molar-refractivity contribution in [3.8, 4) is 0 Å². The number of carbonyl (C=O) groups is 2. The summed E-state index contributed by atoms with van der Waals surface area (Å²) in [4.78, 5) is 26.6. The lowest BCUT2D eigenvalue weighted by Gasteiger charge is -2.49. The zero-order valence-corrected chi connectivity index (χ0v) is 18.5. The van der Waals surface area contributed by atoms with Gasteiger partial charge in [-0.2, -0.15) is 0 Å². The van der Waals surface area contributed by atoms with E-state index in [1.54, 1.807) is 36.4 Å². The van der Waals surface area contributed by atoms with E-state index in [1.807, 2.05) is 34.6 Å². The molecule has 0 radical (unpaired) electrons. The van der Waals surface area contributed by atoms with Crippen LogP contribution in [-0.2, 0) is 11.3 Å². The van der Waals surface area contributed by atoms with Gasteiger partial charge in [0.1, 0.15) is 5.82 Å². The van der Waals surface area contributed by atoms with Crippen molar-refractivity contribution < 1.29 is 23.7 Å². The maximum absolute atomic E-state index is 15.1. The number of nitrogens with one attached hydrogen (secondary N) is 1. The minimum atomic E-state index is -1.42. The molecule has 2 N–H and O–H groups in total. The zero-order chi connectivity index (χ0) is 23.0. The third kappa shape index (κ3) is 4.10. The molecule has 1 atom stereocenters. The molecule has 2 amide bonds. The number of fused-ring (bicyclic) bond motifs is 1. The Morgan fingerprint density at radius 1 is 1.16 bits per heavy atom. The minimum Gasteiger partial charge on any atom is -0.423 e. The van der Waals surface area contributed by atoms with E-state index in [1.165, 1.54) is 11.1 Å². The molecule has 0 saturated carbocycles. The van der Waals surface area contributed by atoms with Crippen LogP contribution >= 0.6 is 0 Å². The molecule has 31 heavy (non-hydrogen) atoms. The van der Waals surface area contributed by atoms with Gasteiger partial charge >= 0.3 is 7.12 Å². The quantitative estimate of drug-likeness (QED) is 0.582. The molecule has 164 valence electrons. The van der Waals surface area contributed by atoms with Crippen molar-refractivity contribution in [1.82, 2.24) is 10.4 Å². The summed E-state index contributed by atoms with van der Waals surface area (Å²) in [5, 5.41) is 11.2. The highest BCUT2D eigenvalue weighted by atomic mass is 19.1. The van der Waals surface area contributed by atoms with Crippen molar-refractivity contribution in [2.75, 3.05) is 0 Å². The highest BCUT2D eigenvalue weighted by molar-refractivity contribution is 6.61. The van der Waals surface area contributed by atoms with Crippen LogP contribution in [0, 0.1) is 11.2 Å². The Bertz CT molecular complexity index is 993. The van der Waals surface area contributed by atoms with E-state index in [2.05, 4.69) is 5.43 Å². The van der Waals surface area contributed by atoms with Gasteiger partial charge in [-0.05, 0) is 42.5 Å². The summed E-state index contributed by atoms with van der Waals surface area (Å²) in [6.07, 6.45) is 0.550. The van der Waals surface area contributed by atoms with Gasteiger partial charge in [0.05, 0.1) is 17.7 Å². The first-order valence-electron chi connectivity index (χ1n) is 10.3. The molecule has 1 aliphatic heterocycles. The summed E-state index contributed by atoms with van der Waals surface area (Å²) in [5.41, 5.74) is 2.08. The molecule has 1 heterocycles. The van der Waals surface area contributed by atoms with Crippen LogP contribution in [0.4, 0.5) is 4.39 Å². The topological polar surface area (TPSA) is 78.9 Å². The van der Waals surface area contributed by atoms with Gasteiger partial charge in [-0.25, -0.2) is 9.40 Å². The van der Waals surface area contributed by atoms with Crippen LogP contribution in [0.15, 0.2) is 42.5 Å². The van der Waals surface area contributed by atoms with E-state index >= 15 is 4.39 Å². The normalized spacial score (nSPS) is 15.3. The fourth-order valence-corrected chi connectivity index (χ4v) is 3.75. The lowest BCUT2D eigenvalue weighted by molar-refractivity contribution is -0.0167. The molecule has 0 spiro atoms. The average Bonchev–Trinajstić information content (AvgIpc) is 3.12. The third-order valence-corrected chi connectivity index (χ3v) is 6.39. The number of rotatable bonds is 4. The van der Waals surface area contributed by atoms with Gasteiger partial charge in [0, 0.05) is 11.0 Å². The Morgan fingerprint density at radius 2 is 1.81 bits per heavy atom. The van der Waals surface area contributed by atoms with Crippen LogP contribution < -0.4 is 10.9 Å². The van der Waals surface area contributed by atoms with E-state index in [-0.39, 0.29) is 17.6 Å². The number of hydrogen-bond acceptors (Lipinski definition) is 4. The number of amides is 2. The van der Waals surface area contributed by atoms with Crippen LogP contribution in [0.5, 0.6) is 0 Å². The molecule has 6 nitrogen and oxygen atoms in total. The lowest BCUT2D eigenvalue weighted by Crippen LogP contribution is -2.63. The fraction of sp³-hybridized carbons (Fsp3) is 0.391. The third-order valence-electron chi connectivity index (χ3n) is 6.39. The van der Waals surface area contributed by atoms with E-state index in [0.717, 1.165) is 0 Å². The second-order valence-electron chi connectivity index (χ2n) is 8.99. The van der Waals surface area contributed by atoms with E-state index in [4.69, 9.17) is 4.65 Å². The number of hydrogen-bond donors (Lipinski definition) is 2. The molecular formula is C23H28BFN2O4. The maximum Gasteiger partial charge on any atom is 0.494 e. The summed E-state index contributed by atoms with van der Waals surface area (Å²) < 4.78 is 20.1. The molecule has 2 aromatic rings. The average molecular weight is 426 g/mol. The van der Waals surface area contributed by atoms with Crippen molar-refractivity contribution in [3.63, 3.8) is 0 Å². The fourth-order valence-electron chi connectivity index (χ4n) is 3.75. The summed E-state index contributed by atoms with van der Waals surface area (Å²) in [5.74, 6) is -2.01. The summed E-state index contributed by atoms with van der Waals surface area (Å²) >= 11 is 0. The van der Waals surface area contributed by atoms with Crippen molar-refractivity contribution in [2.45, 2.75) is 53.2 Å². The highest BCUT2D eigenvalue weighted by Crippen LogP contribution is 2.38. The number of halogens is 1. The van der Waals surface area contributed by atoms with Crippen LogP contribution in [0.25, 0.3) is 0 Å². The molecule has 0 aromatic heterocycles. The molecule has 8 heteroatoms. The number of benzene rings is 2. The lowest BCUT2D eigenvalue weighted by atomic mass is 9.72. The molecule has 0 aliphatic carbocycles. The number of hydrazine groups is 1. The Kier molecular flexibility index (Phi) is 6.25. The predicted molar refractivity (Wildman–Crippen MR) is 117 cm³/mol. The second kappa shape index (κ2) is 8.44. The minimum absolute atomic E-state index is 0.0392. The summed E-state index contributed by atoms with van der Waals surface area (Å²) in [7, 11) is -1.42. The van der Waals surface area contributed by atoms with E-state index in [9.17, 15) is 14.6 Å². The van der Waals surface area contributed by atoms with Gasteiger partial charge in [0.25, 0.3) is 11.8 Å². The first kappa shape index (κ1) is 23.0. The van der Waals surface area contributed by atoms with Gasteiger partial charge in [-0.3, -0.25) is 15.0 Å². The number of nitrogens with zero attached hydrogens (tertiary/aromatic N) is 1. The van der Waals surface area contributed by atoms with Gasteiger partial charge in [-0.1, -0.05) is 52.0 Å². The molecule has 0 saturated heterocycles. The largest absolute Gasteiger partial charge is 0.494 e. The SMILES string of the molecule is CC[C@@](C)(N(NC(=O)c1ccc2c(c1F)B(O)OC2)C(=O)c1ccccc1)C(C)(C)C. The van der Waals surface area contributed by atoms with Crippen LogP contribution in [0.3, 0.4) is 0 Å². The van der Waals surface area contributed by atoms with Gasteiger partial charge in [0.2, 0.25) is 0 Å². The van der Waals surface area contributed by atoms with E-state index in [0.29, 0.717) is 17.5 Å². The molecular weight excluding hydrogens is 398 g/mol. The first-order valence-corrected chi connectivity index (χ1v) is 10.3. The Hall–Kier alpha value is -2.71. The first-order chi connectivity index (χ1) is 14.5. The highest BCUT2D eigenvalue weighted by Gasteiger charge is 2.45. The molecule has 0 bridgehead atoms. The second-order valence-corrected chi connectivity index (χ2v) is 8.99. The van der Waals surface area contributed by atoms with Crippen LogP contribution in [-0.4, -0.2) is 34.5 Å². The molecule has 1 aliphatic rings. The van der Waals surface area contributed by atoms with E-state index < -0.39 is 35.7 Å². The number of carbonyl (C=O) groups excluding carboxylic acids is 2. The molecule has 0 unspecified atom stereocenters. The van der Waals surface area contributed by atoms with Crippen molar-refractivity contribution in [2.24, 2.45) is 5.41 Å². The van der Waals surface area contributed by atoms with Crippen molar-refractivity contribution in [1.29, 1.82) is 0 Å². The summed E-state index contributed by atoms with van der Waals surface area (Å²) in [6, 6.07) is 11.5. The van der Waals surface area contributed by atoms with Gasteiger partial charge in [0.15, 0.2) is 0 Å². The Labute approximate surface area is 182 Å². The Morgan fingerprint density at radius 3 is 2.39 bits per heavy atom. The smallest absolute Gasteiger partial charge is 0.423 e. The van der Waals surface area contributed by atoms with Crippen molar-refractivity contribution >= 4 is 24.4 Å².